The number of aromatic hydroxyl groups is 2. The number of hydrogen-bond donors (Lipinski definition) is 3. The van der Waals surface area contributed by atoms with Crippen molar-refractivity contribution >= 4 is 46.3 Å². The molecule has 0 saturated heterocycles. The van der Waals surface area contributed by atoms with Gasteiger partial charge in [0.2, 0.25) is 4.38 Å². The Morgan fingerprint density at radius 1 is 0.970 bits per heavy atom. The van der Waals surface area contributed by atoms with E-state index in [-0.39, 0.29) is 38.0 Å². The maximum absolute atomic E-state index is 12.9. The summed E-state index contributed by atoms with van der Waals surface area (Å²) in [7, 11) is 2.85. The van der Waals surface area contributed by atoms with Gasteiger partial charge >= 0.3 is 0 Å². The molecule has 174 valence electrons. The zero-order valence-electron chi connectivity index (χ0n) is 18.3. The normalized spacial score (nSPS) is 12.0. The van der Waals surface area contributed by atoms with Crippen molar-refractivity contribution in [1.82, 2.24) is 0 Å². The van der Waals surface area contributed by atoms with Crippen LogP contribution in [-0.2, 0) is 9.53 Å². The molecule has 0 fully saturated rings. The molecule has 0 atom stereocenters. The highest BCUT2D eigenvalue weighted by Crippen LogP contribution is 2.29. The lowest BCUT2D eigenvalue weighted by Gasteiger charge is -2.08. The van der Waals surface area contributed by atoms with Gasteiger partial charge in [-0.25, -0.2) is 0 Å². The van der Waals surface area contributed by atoms with E-state index in [4.69, 9.17) is 26.4 Å². The second-order valence-electron chi connectivity index (χ2n) is 6.39. The number of phenolic OH excluding ortho intramolecular Hbond substituents is 2. The summed E-state index contributed by atoms with van der Waals surface area (Å²) in [5, 5.41) is 30.0. The average molecular weight is 489 g/mol. The van der Waals surface area contributed by atoms with Gasteiger partial charge in [-0.05, 0) is 78.4 Å². The molecule has 9 heteroatoms. The molecule has 0 heterocycles. The highest BCUT2D eigenvalue weighted by Gasteiger charge is 2.16. The quantitative estimate of drug-likeness (QED) is 0.189. The molecular formula is C24H24O7S2. The Hall–Kier alpha value is -3.43. The van der Waals surface area contributed by atoms with Crippen LogP contribution >= 0.6 is 24.0 Å². The maximum atomic E-state index is 12.9. The molecule has 0 radical (unpaired) electrons. The predicted molar refractivity (Wildman–Crippen MR) is 134 cm³/mol. The molecule has 0 aliphatic heterocycles. The minimum atomic E-state index is -0.500. The number of hydrogen-bond acceptors (Lipinski definition) is 9. The highest BCUT2D eigenvalue weighted by atomic mass is 32.2. The van der Waals surface area contributed by atoms with Crippen molar-refractivity contribution in [3.05, 3.63) is 70.3 Å². The monoisotopic (exact) mass is 488 g/mol. The molecule has 0 amide bonds. The van der Waals surface area contributed by atoms with E-state index in [0.717, 1.165) is 11.8 Å². The topological polar surface area (TPSA) is 105 Å². The zero-order chi connectivity index (χ0) is 24.4. The van der Waals surface area contributed by atoms with Crippen LogP contribution in [0.3, 0.4) is 0 Å². The van der Waals surface area contributed by atoms with Gasteiger partial charge in [0.1, 0.15) is 10.7 Å². The Labute approximate surface area is 201 Å². The number of thiocarbonyl (C=S) groups is 1. The lowest BCUT2D eigenvalue weighted by atomic mass is 10.1. The number of rotatable bonds is 9. The van der Waals surface area contributed by atoms with Crippen LogP contribution in [0.4, 0.5) is 0 Å². The van der Waals surface area contributed by atoms with E-state index in [9.17, 15) is 20.1 Å². The number of carbonyl (C=O) groups is 1. The fraction of sp³-hybridized carbons (Fsp3) is 0.167. The van der Waals surface area contributed by atoms with Crippen molar-refractivity contribution in [1.29, 1.82) is 0 Å². The van der Waals surface area contributed by atoms with E-state index in [1.807, 2.05) is 0 Å². The number of thioether (sulfide) groups is 1. The van der Waals surface area contributed by atoms with E-state index in [1.165, 1.54) is 44.6 Å². The van der Waals surface area contributed by atoms with Gasteiger partial charge in [0.15, 0.2) is 28.8 Å². The summed E-state index contributed by atoms with van der Waals surface area (Å²) in [4.78, 5) is 12.8. The van der Waals surface area contributed by atoms with Crippen LogP contribution in [0.1, 0.15) is 18.1 Å². The number of aliphatic hydroxyl groups is 1. The third-order valence-corrected chi connectivity index (χ3v) is 5.44. The van der Waals surface area contributed by atoms with Crippen LogP contribution in [0, 0.1) is 0 Å². The van der Waals surface area contributed by atoms with Gasteiger partial charge in [0, 0.05) is 0 Å². The summed E-state index contributed by atoms with van der Waals surface area (Å²) < 4.78 is 15.5. The molecule has 7 nitrogen and oxygen atoms in total. The summed E-state index contributed by atoms with van der Waals surface area (Å²) in [6.45, 7) is 2.08. The first kappa shape index (κ1) is 25.8. The van der Waals surface area contributed by atoms with Crippen molar-refractivity contribution in [2.24, 2.45) is 0 Å². The number of ketones is 1. The maximum Gasteiger partial charge on any atom is 0.225 e. The first-order valence-electron chi connectivity index (χ1n) is 9.71. The van der Waals surface area contributed by atoms with Gasteiger partial charge in [0.25, 0.3) is 0 Å². The summed E-state index contributed by atoms with van der Waals surface area (Å²) in [6, 6.07) is 9.29. The molecule has 2 aromatic rings. The number of aliphatic hydroxyl groups excluding tert-OH is 1. The molecule has 0 spiro atoms. The predicted octanol–water partition coefficient (Wildman–Crippen LogP) is 5.23. The average Bonchev–Trinajstić information content (AvgIpc) is 2.81. The molecule has 33 heavy (non-hydrogen) atoms. The molecule has 0 aromatic heterocycles. The number of carbonyl (C=O) groups excluding carboxylic acids is 1. The van der Waals surface area contributed by atoms with Gasteiger partial charge in [0.05, 0.1) is 20.8 Å². The minimum Gasteiger partial charge on any atom is -0.507 e. The number of benzene rings is 2. The Morgan fingerprint density at radius 2 is 1.48 bits per heavy atom. The number of allylic oxidation sites excluding steroid dienone is 3. The Balaban J connectivity index is 2.34. The van der Waals surface area contributed by atoms with Crippen LogP contribution in [0.15, 0.2) is 59.2 Å². The molecule has 0 aliphatic rings. The fourth-order valence-corrected chi connectivity index (χ4v) is 3.61. The molecule has 2 aromatic carbocycles. The summed E-state index contributed by atoms with van der Waals surface area (Å²) in [5.41, 5.74) is 1.24. The van der Waals surface area contributed by atoms with Gasteiger partial charge in [-0.2, -0.15) is 0 Å². The van der Waals surface area contributed by atoms with Crippen molar-refractivity contribution in [3.8, 4) is 23.0 Å². The smallest absolute Gasteiger partial charge is 0.225 e. The standard InChI is InChI=1S/C24H24O7S2/c1-4-31-24(32)33-23(19(27)11-7-15-5-9-17(25)21(13-15)29-2)20(28)12-8-16-6-10-18(26)22(14-16)30-3/h5-14,25-27H,4H2,1-3H3/b11-7+,12-8+,23-19+. The SMILES string of the molecule is CCOC(=S)S/C(C(=O)/C=C/c1ccc(O)c(OC)c1)=C(O)\C=C\c1ccc(O)c(OC)c1. The Kier molecular flexibility index (Phi) is 9.84. The molecule has 0 unspecified atom stereocenters. The molecule has 0 bridgehead atoms. The summed E-state index contributed by atoms with van der Waals surface area (Å²) in [6.07, 6.45) is 5.70. The third-order valence-electron chi connectivity index (χ3n) is 4.17. The number of phenols is 2. The molecule has 0 aliphatic carbocycles. The van der Waals surface area contributed by atoms with Crippen LogP contribution in [0.5, 0.6) is 23.0 Å². The third kappa shape index (κ3) is 7.58. The van der Waals surface area contributed by atoms with Crippen molar-refractivity contribution < 1.29 is 34.3 Å². The van der Waals surface area contributed by atoms with E-state index in [2.05, 4.69) is 0 Å². The summed E-state index contributed by atoms with van der Waals surface area (Å²) >= 11 is 5.96. The van der Waals surface area contributed by atoms with Gasteiger partial charge in [-0.3, -0.25) is 4.79 Å². The van der Waals surface area contributed by atoms with Crippen LogP contribution in [0.2, 0.25) is 0 Å². The van der Waals surface area contributed by atoms with Gasteiger partial charge in [-0.15, -0.1) is 0 Å². The van der Waals surface area contributed by atoms with E-state index >= 15 is 0 Å². The molecule has 2 rings (SSSR count). The Morgan fingerprint density at radius 3 is 1.97 bits per heavy atom. The molecule has 0 saturated carbocycles. The van der Waals surface area contributed by atoms with Crippen molar-refractivity contribution in [3.63, 3.8) is 0 Å². The van der Waals surface area contributed by atoms with Crippen LogP contribution < -0.4 is 9.47 Å². The number of ether oxygens (including phenoxy) is 3. The second-order valence-corrected chi connectivity index (χ2v) is 8.01. The second kappa shape index (κ2) is 12.6. The molecular weight excluding hydrogens is 464 g/mol. The first-order valence-corrected chi connectivity index (χ1v) is 10.9. The highest BCUT2D eigenvalue weighted by molar-refractivity contribution is 8.25. The van der Waals surface area contributed by atoms with Crippen LogP contribution in [0.25, 0.3) is 12.2 Å². The van der Waals surface area contributed by atoms with Crippen molar-refractivity contribution in [2.45, 2.75) is 6.92 Å². The lowest BCUT2D eigenvalue weighted by molar-refractivity contribution is -0.110. The van der Waals surface area contributed by atoms with Gasteiger partial charge < -0.3 is 29.5 Å². The van der Waals surface area contributed by atoms with Gasteiger partial charge in [-0.1, -0.05) is 24.3 Å². The lowest BCUT2D eigenvalue weighted by Crippen LogP contribution is -2.04. The Bertz CT molecular complexity index is 1100. The number of methoxy groups -OCH3 is 2. The van der Waals surface area contributed by atoms with E-state index in [1.54, 1.807) is 37.3 Å². The minimum absolute atomic E-state index is 0.0149. The van der Waals surface area contributed by atoms with E-state index < -0.39 is 5.78 Å². The fourth-order valence-electron chi connectivity index (χ4n) is 2.55. The first-order chi connectivity index (χ1) is 15.8. The molecule has 3 N–H and O–H groups in total. The van der Waals surface area contributed by atoms with Crippen molar-refractivity contribution in [2.75, 3.05) is 20.8 Å². The zero-order valence-corrected chi connectivity index (χ0v) is 19.9. The van der Waals surface area contributed by atoms with Crippen LogP contribution in [-0.4, -0.2) is 46.3 Å². The largest absolute Gasteiger partial charge is 0.507 e. The summed E-state index contributed by atoms with van der Waals surface area (Å²) in [5.74, 6) is -0.309. The van der Waals surface area contributed by atoms with E-state index in [0.29, 0.717) is 17.7 Å².